The number of ether oxygens (including phenoxy) is 2. The number of benzene rings is 2. The number of nitrogens with one attached hydrogen (secondary N) is 1. The Morgan fingerprint density at radius 3 is 2.59 bits per heavy atom. The molecule has 1 N–H and O–H groups in total. The molecule has 3 heterocycles. The van der Waals surface area contributed by atoms with Crippen molar-refractivity contribution in [3.63, 3.8) is 0 Å². The monoisotopic (exact) mass is 507 g/mol. The predicted octanol–water partition coefficient (Wildman–Crippen LogP) is 1.74. The Morgan fingerprint density at radius 1 is 1.15 bits per heavy atom. The topological polar surface area (TPSA) is 105 Å². The number of sulfonamides is 1. The Kier molecular flexibility index (Phi) is 5.84. The highest BCUT2D eigenvalue weighted by molar-refractivity contribution is 7.89. The average molecular weight is 508 g/mol. The standard InChI is InChI=1S/C23H26ClN3O6S/c1-2-32-21(29)23-15-26(13-20(28)27(23)14-22(33-23)7-9-25-10-8-22)34(30,31)19-6-4-16-11-18(24)5-3-17(16)12-19/h3-6,11-12,25H,2,7-10,13-15H2,1H3. The number of fused-ring (bicyclic) bond motifs is 2. The van der Waals surface area contributed by atoms with E-state index < -0.39 is 33.2 Å². The van der Waals surface area contributed by atoms with Crippen LogP contribution in [-0.4, -0.2) is 80.2 Å². The molecule has 0 aromatic heterocycles. The van der Waals surface area contributed by atoms with E-state index in [1.54, 1.807) is 37.3 Å². The molecule has 0 radical (unpaired) electrons. The lowest BCUT2D eigenvalue weighted by atomic mass is 9.92. The second-order valence-corrected chi connectivity index (χ2v) is 11.3. The van der Waals surface area contributed by atoms with E-state index in [1.807, 2.05) is 0 Å². The van der Waals surface area contributed by atoms with E-state index >= 15 is 0 Å². The molecule has 1 amide bonds. The summed E-state index contributed by atoms with van der Waals surface area (Å²) in [5.41, 5.74) is -2.52. The second-order valence-electron chi connectivity index (χ2n) is 8.95. The fourth-order valence-electron chi connectivity index (χ4n) is 5.08. The molecule has 0 bridgehead atoms. The molecule has 2 aromatic rings. The van der Waals surface area contributed by atoms with Crippen molar-refractivity contribution in [2.24, 2.45) is 0 Å². The lowest BCUT2D eigenvalue weighted by molar-refractivity contribution is -0.207. The molecule has 182 valence electrons. The lowest BCUT2D eigenvalue weighted by Gasteiger charge is -2.42. The summed E-state index contributed by atoms with van der Waals surface area (Å²) in [7, 11) is -4.11. The van der Waals surface area contributed by atoms with E-state index in [2.05, 4.69) is 5.32 Å². The van der Waals surface area contributed by atoms with E-state index in [-0.39, 0.29) is 31.1 Å². The SMILES string of the molecule is CCOC(=O)C12CN(S(=O)(=O)c3ccc4cc(Cl)ccc4c3)CC(=O)N1CC1(CCNCC1)O2. The van der Waals surface area contributed by atoms with E-state index in [9.17, 15) is 18.0 Å². The number of amides is 1. The molecule has 2 aromatic carbocycles. The number of nitrogens with zero attached hydrogens (tertiary/aromatic N) is 2. The number of rotatable bonds is 4. The van der Waals surface area contributed by atoms with Gasteiger partial charge in [-0.15, -0.1) is 0 Å². The van der Waals surface area contributed by atoms with Crippen molar-refractivity contribution in [3.05, 3.63) is 41.4 Å². The van der Waals surface area contributed by atoms with Gasteiger partial charge in [0.2, 0.25) is 15.9 Å². The number of esters is 1. The first-order valence-corrected chi connectivity index (χ1v) is 13.1. The van der Waals surface area contributed by atoms with Crippen LogP contribution in [0.1, 0.15) is 19.8 Å². The van der Waals surface area contributed by atoms with Crippen molar-refractivity contribution >= 4 is 44.3 Å². The quantitative estimate of drug-likeness (QED) is 0.628. The summed E-state index contributed by atoms with van der Waals surface area (Å²) < 4.78 is 40.0. The average Bonchev–Trinajstić information content (AvgIpc) is 3.14. The number of hydrogen-bond donors (Lipinski definition) is 1. The van der Waals surface area contributed by atoms with Crippen molar-refractivity contribution in [1.82, 2.24) is 14.5 Å². The highest BCUT2D eigenvalue weighted by atomic mass is 35.5. The van der Waals surface area contributed by atoms with Crippen LogP contribution in [0, 0.1) is 0 Å². The molecule has 0 aliphatic carbocycles. The lowest BCUT2D eigenvalue weighted by Crippen LogP contribution is -2.67. The van der Waals surface area contributed by atoms with Crippen LogP contribution in [0.15, 0.2) is 41.3 Å². The van der Waals surface area contributed by atoms with Crippen molar-refractivity contribution in [3.8, 4) is 0 Å². The number of piperazine rings is 1. The minimum Gasteiger partial charge on any atom is -0.462 e. The summed E-state index contributed by atoms with van der Waals surface area (Å²) >= 11 is 6.04. The highest BCUT2D eigenvalue weighted by Crippen LogP contribution is 2.43. The molecule has 5 rings (SSSR count). The Labute approximate surface area is 203 Å². The van der Waals surface area contributed by atoms with Gasteiger partial charge in [-0.1, -0.05) is 23.7 Å². The summed E-state index contributed by atoms with van der Waals surface area (Å²) in [5.74, 6) is -1.22. The van der Waals surface area contributed by atoms with E-state index in [0.29, 0.717) is 36.3 Å². The molecule has 9 nitrogen and oxygen atoms in total. The van der Waals surface area contributed by atoms with Crippen LogP contribution in [-0.2, 0) is 29.1 Å². The number of carbonyl (C=O) groups is 2. The maximum absolute atomic E-state index is 13.6. The van der Waals surface area contributed by atoms with Crippen molar-refractivity contribution in [2.75, 3.05) is 39.3 Å². The number of carbonyl (C=O) groups excluding carboxylic acids is 2. The first-order valence-electron chi connectivity index (χ1n) is 11.3. The van der Waals surface area contributed by atoms with Crippen molar-refractivity contribution < 1.29 is 27.5 Å². The van der Waals surface area contributed by atoms with E-state index in [1.165, 1.54) is 11.0 Å². The molecule has 0 saturated carbocycles. The molecule has 3 aliphatic heterocycles. The Hall–Kier alpha value is -2.24. The number of hydrogen-bond acceptors (Lipinski definition) is 7. The van der Waals surface area contributed by atoms with E-state index in [0.717, 1.165) is 9.69 Å². The third-order valence-electron chi connectivity index (χ3n) is 6.79. The largest absolute Gasteiger partial charge is 0.462 e. The zero-order valence-electron chi connectivity index (χ0n) is 18.8. The zero-order chi connectivity index (χ0) is 24.1. The summed E-state index contributed by atoms with van der Waals surface area (Å²) in [4.78, 5) is 27.9. The molecular formula is C23H26ClN3O6S. The van der Waals surface area contributed by atoms with Gasteiger partial charge in [0.15, 0.2) is 0 Å². The minimum atomic E-state index is -4.11. The smallest absolute Gasteiger partial charge is 0.361 e. The van der Waals surface area contributed by atoms with E-state index in [4.69, 9.17) is 21.1 Å². The van der Waals surface area contributed by atoms with Gasteiger partial charge in [-0.3, -0.25) is 9.69 Å². The molecule has 11 heteroatoms. The van der Waals surface area contributed by atoms with Gasteiger partial charge in [0, 0.05) is 5.02 Å². The van der Waals surface area contributed by atoms with Crippen LogP contribution in [0.3, 0.4) is 0 Å². The van der Waals surface area contributed by atoms with Crippen LogP contribution < -0.4 is 5.32 Å². The van der Waals surface area contributed by atoms with Crippen LogP contribution in [0.5, 0.6) is 0 Å². The van der Waals surface area contributed by atoms with Crippen LogP contribution in [0.4, 0.5) is 0 Å². The van der Waals surface area contributed by atoms with Gasteiger partial charge >= 0.3 is 5.97 Å². The first-order chi connectivity index (χ1) is 16.2. The van der Waals surface area contributed by atoms with Crippen LogP contribution >= 0.6 is 11.6 Å². The summed E-state index contributed by atoms with van der Waals surface area (Å²) in [6.45, 7) is 2.65. The van der Waals surface area contributed by atoms with Crippen molar-refractivity contribution in [2.45, 2.75) is 36.0 Å². The number of halogens is 1. The normalized spacial score (nSPS) is 25.0. The molecular weight excluding hydrogens is 482 g/mol. The van der Waals surface area contributed by atoms with Gasteiger partial charge in [-0.25, -0.2) is 13.2 Å². The van der Waals surface area contributed by atoms with Crippen LogP contribution in [0.2, 0.25) is 5.02 Å². The minimum absolute atomic E-state index is 0.0251. The number of piperidine rings is 1. The molecule has 1 atom stereocenters. The van der Waals surface area contributed by atoms with Gasteiger partial charge in [-0.2, -0.15) is 4.31 Å². The summed E-state index contributed by atoms with van der Waals surface area (Å²) in [5, 5.41) is 5.29. The molecule has 3 aliphatic rings. The zero-order valence-corrected chi connectivity index (χ0v) is 20.3. The Balaban J connectivity index is 1.53. The molecule has 1 spiro atoms. The van der Waals surface area contributed by atoms with Gasteiger partial charge in [-0.05, 0) is 67.9 Å². The van der Waals surface area contributed by atoms with Gasteiger partial charge in [0.05, 0.1) is 36.7 Å². The first kappa shape index (κ1) is 23.5. The van der Waals surface area contributed by atoms with Crippen molar-refractivity contribution in [1.29, 1.82) is 0 Å². The molecule has 34 heavy (non-hydrogen) atoms. The maximum Gasteiger partial charge on any atom is 0.361 e. The maximum atomic E-state index is 13.6. The van der Waals surface area contributed by atoms with Gasteiger partial charge in [0.25, 0.3) is 5.72 Å². The Bertz CT molecular complexity index is 1260. The van der Waals surface area contributed by atoms with Gasteiger partial charge < -0.3 is 14.8 Å². The fourth-order valence-corrected chi connectivity index (χ4v) is 6.70. The molecule has 1 unspecified atom stereocenters. The Morgan fingerprint density at radius 2 is 1.85 bits per heavy atom. The molecule has 3 fully saturated rings. The third-order valence-corrected chi connectivity index (χ3v) is 8.81. The van der Waals surface area contributed by atoms with Gasteiger partial charge in [0.1, 0.15) is 0 Å². The predicted molar refractivity (Wildman–Crippen MR) is 125 cm³/mol. The third kappa shape index (κ3) is 3.77. The molecule has 3 saturated heterocycles. The highest BCUT2D eigenvalue weighted by Gasteiger charge is 2.65. The summed E-state index contributed by atoms with van der Waals surface area (Å²) in [6, 6.07) is 9.86. The fraction of sp³-hybridized carbons (Fsp3) is 0.478. The van der Waals surface area contributed by atoms with Crippen LogP contribution in [0.25, 0.3) is 10.8 Å². The summed E-state index contributed by atoms with van der Waals surface area (Å²) in [6.07, 6.45) is 1.22. The second kappa shape index (κ2) is 8.46.